The molecule has 0 unspecified atom stereocenters. The fourth-order valence-electron chi connectivity index (χ4n) is 4.62. The molecule has 5 nitrogen and oxygen atoms in total. The van der Waals surface area contributed by atoms with Gasteiger partial charge in [-0.1, -0.05) is 31.5 Å². The quantitative estimate of drug-likeness (QED) is 0.867. The summed E-state index contributed by atoms with van der Waals surface area (Å²) in [6.45, 7) is 6.36. The first-order valence-electron chi connectivity index (χ1n) is 9.02. The lowest BCUT2D eigenvalue weighted by Gasteiger charge is -2.47. The number of aromatic nitrogens is 2. The van der Waals surface area contributed by atoms with Crippen molar-refractivity contribution in [3.05, 3.63) is 56.7 Å². The third kappa shape index (κ3) is 2.53. The van der Waals surface area contributed by atoms with Gasteiger partial charge in [-0.15, -0.1) is 0 Å². The zero-order valence-corrected chi connectivity index (χ0v) is 14.9. The molecule has 1 aliphatic carbocycles. The predicted octanol–water partition coefficient (Wildman–Crippen LogP) is 3.22. The van der Waals surface area contributed by atoms with Gasteiger partial charge in [0, 0.05) is 11.8 Å². The summed E-state index contributed by atoms with van der Waals surface area (Å²) in [5.74, 6) is 1.35. The Labute approximate surface area is 146 Å². The molecule has 2 heterocycles. The third-order valence-corrected chi connectivity index (χ3v) is 5.86. The van der Waals surface area contributed by atoms with Crippen LogP contribution in [-0.2, 0) is 0 Å². The van der Waals surface area contributed by atoms with Crippen molar-refractivity contribution in [2.45, 2.75) is 51.6 Å². The summed E-state index contributed by atoms with van der Waals surface area (Å²) < 4.78 is 7.34. The van der Waals surface area contributed by atoms with Gasteiger partial charge in [0.25, 0.3) is 5.56 Å². The van der Waals surface area contributed by atoms with Gasteiger partial charge in [-0.05, 0) is 44.7 Å². The molecule has 0 bridgehead atoms. The topological polar surface area (TPSA) is 64.1 Å². The van der Waals surface area contributed by atoms with E-state index < -0.39 is 5.69 Å². The molecule has 0 saturated heterocycles. The highest BCUT2D eigenvalue weighted by molar-refractivity contribution is 5.38. The van der Waals surface area contributed by atoms with E-state index in [1.165, 1.54) is 4.57 Å². The maximum atomic E-state index is 13.3. The molecule has 1 N–H and O–H groups in total. The van der Waals surface area contributed by atoms with E-state index in [2.05, 4.69) is 25.8 Å². The molecule has 0 spiro atoms. The summed E-state index contributed by atoms with van der Waals surface area (Å²) in [4.78, 5) is 28.7. The Morgan fingerprint density at radius 3 is 2.60 bits per heavy atom. The van der Waals surface area contributed by atoms with Crippen LogP contribution in [-0.4, -0.2) is 15.2 Å². The first kappa shape index (κ1) is 16.2. The Balaban J connectivity index is 1.95. The van der Waals surface area contributed by atoms with Crippen molar-refractivity contribution < 1.29 is 4.74 Å². The SMILES string of the molecule is C[C@@H]1CC[C@H]2[C@@H](C1)c1c([nH]c(=O)n(-c3ccccc3)c1=O)OC2(C)C. The van der Waals surface area contributed by atoms with E-state index in [0.717, 1.165) is 19.3 Å². The number of nitrogens with one attached hydrogen (secondary N) is 1. The second kappa shape index (κ2) is 5.61. The van der Waals surface area contributed by atoms with Gasteiger partial charge in [-0.3, -0.25) is 9.78 Å². The fourth-order valence-corrected chi connectivity index (χ4v) is 4.62. The van der Waals surface area contributed by atoms with Gasteiger partial charge in [0.15, 0.2) is 0 Å². The highest BCUT2D eigenvalue weighted by Crippen LogP contribution is 2.50. The molecule has 1 saturated carbocycles. The van der Waals surface area contributed by atoms with Gasteiger partial charge in [-0.2, -0.15) is 0 Å². The maximum absolute atomic E-state index is 13.3. The summed E-state index contributed by atoms with van der Waals surface area (Å²) in [7, 11) is 0. The zero-order chi connectivity index (χ0) is 17.8. The van der Waals surface area contributed by atoms with Crippen molar-refractivity contribution in [2.24, 2.45) is 11.8 Å². The van der Waals surface area contributed by atoms with Gasteiger partial charge >= 0.3 is 5.69 Å². The zero-order valence-electron chi connectivity index (χ0n) is 14.9. The molecule has 0 amide bonds. The number of hydrogen-bond acceptors (Lipinski definition) is 3. The Bertz CT molecular complexity index is 911. The fraction of sp³-hybridized carbons (Fsp3) is 0.500. The standard InChI is InChI=1S/C20H24N2O3/c1-12-9-10-15-14(11-12)16-17(25-20(15,2)3)21-19(24)22(18(16)23)13-7-5-4-6-8-13/h4-8,12,14-15H,9-11H2,1-3H3,(H,21,24)/t12-,14-,15+/m1/s1. The van der Waals surface area contributed by atoms with Gasteiger partial charge in [-0.25, -0.2) is 9.36 Å². The van der Waals surface area contributed by atoms with Gasteiger partial charge in [0.05, 0.1) is 11.3 Å². The first-order valence-corrected chi connectivity index (χ1v) is 9.02. The highest BCUT2D eigenvalue weighted by Gasteiger charge is 2.48. The van der Waals surface area contributed by atoms with Crippen molar-refractivity contribution in [1.29, 1.82) is 0 Å². The summed E-state index contributed by atoms with van der Waals surface area (Å²) in [6.07, 6.45) is 3.15. The number of fused-ring (bicyclic) bond motifs is 3. The second-order valence-electron chi connectivity index (χ2n) is 7.99. The molecule has 5 heteroatoms. The van der Waals surface area contributed by atoms with Crippen molar-refractivity contribution in [2.75, 3.05) is 0 Å². The number of ether oxygens (including phenoxy) is 1. The van der Waals surface area contributed by atoms with Gasteiger partial charge in [0.1, 0.15) is 5.60 Å². The average Bonchev–Trinajstić information content (AvgIpc) is 2.54. The van der Waals surface area contributed by atoms with Crippen LogP contribution >= 0.6 is 0 Å². The molecule has 2 aromatic rings. The van der Waals surface area contributed by atoms with Crippen molar-refractivity contribution in [1.82, 2.24) is 9.55 Å². The number of para-hydroxylation sites is 1. The van der Waals surface area contributed by atoms with Crippen LogP contribution in [0.2, 0.25) is 0 Å². The predicted molar refractivity (Wildman–Crippen MR) is 96.6 cm³/mol. The largest absolute Gasteiger partial charge is 0.472 e. The monoisotopic (exact) mass is 340 g/mol. The summed E-state index contributed by atoms with van der Waals surface area (Å²) >= 11 is 0. The number of rotatable bonds is 1. The minimum absolute atomic E-state index is 0.127. The molecular formula is C20H24N2O3. The molecule has 1 fully saturated rings. The van der Waals surface area contributed by atoms with Crippen molar-refractivity contribution >= 4 is 0 Å². The van der Waals surface area contributed by atoms with Crippen LogP contribution in [0.25, 0.3) is 5.69 Å². The Morgan fingerprint density at radius 1 is 1.16 bits per heavy atom. The van der Waals surface area contributed by atoms with Crippen molar-refractivity contribution in [3.63, 3.8) is 0 Å². The summed E-state index contributed by atoms with van der Waals surface area (Å²) in [5.41, 5.74) is 0.144. The van der Waals surface area contributed by atoms with E-state index in [0.29, 0.717) is 29.0 Å². The molecule has 1 aromatic carbocycles. The van der Waals surface area contributed by atoms with Crippen LogP contribution < -0.4 is 16.0 Å². The molecule has 132 valence electrons. The summed E-state index contributed by atoms with van der Waals surface area (Å²) in [5, 5.41) is 0. The lowest BCUT2D eigenvalue weighted by atomic mass is 9.65. The second-order valence-corrected chi connectivity index (χ2v) is 7.99. The molecule has 0 radical (unpaired) electrons. The molecular weight excluding hydrogens is 316 g/mol. The molecule has 1 aromatic heterocycles. The van der Waals surface area contributed by atoms with E-state index in [9.17, 15) is 9.59 Å². The van der Waals surface area contributed by atoms with Gasteiger partial charge < -0.3 is 4.74 Å². The first-order chi connectivity index (χ1) is 11.9. The smallest absolute Gasteiger partial charge is 0.335 e. The number of hydrogen-bond donors (Lipinski definition) is 1. The molecule has 3 atom stereocenters. The van der Waals surface area contributed by atoms with Crippen LogP contribution in [0.4, 0.5) is 0 Å². The van der Waals surface area contributed by atoms with E-state index in [4.69, 9.17) is 4.74 Å². The minimum Gasteiger partial charge on any atom is -0.472 e. The van der Waals surface area contributed by atoms with Crippen molar-refractivity contribution in [3.8, 4) is 11.6 Å². The third-order valence-electron chi connectivity index (χ3n) is 5.86. The van der Waals surface area contributed by atoms with E-state index in [-0.39, 0.29) is 17.1 Å². The number of nitrogens with zero attached hydrogens (tertiary/aromatic N) is 1. The summed E-state index contributed by atoms with van der Waals surface area (Å²) in [6, 6.07) is 9.07. The van der Waals surface area contributed by atoms with Crippen LogP contribution in [0, 0.1) is 11.8 Å². The lowest BCUT2D eigenvalue weighted by molar-refractivity contribution is -0.0190. The molecule has 4 rings (SSSR count). The highest BCUT2D eigenvalue weighted by atomic mass is 16.5. The minimum atomic E-state index is -0.451. The average molecular weight is 340 g/mol. The van der Waals surface area contributed by atoms with Crippen LogP contribution in [0.15, 0.2) is 39.9 Å². The number of benzene rings is 1. The lowest BCUT2D eigenvalue weighted by Crippen LogP contribution is -2.51. The molecule has 2 aliphatic rings. The van der Waals surface area contributed by atoms with Crippen LogP contribution in [0.5, 0.6) is 5.88 Å². The van der Waals surface area contributed by atoms with Crippen LogP contribution in [0.3, 0.4) is 0 Å². The Morgan fingerprint density at radius 2 is 1.88 bits per heavy atom. The van der Waals surface area contributed by atoms with E-state index in [1.807, 2.05) is 18.2 Å². The van der Waals surface area contributed by atoms with Gasteiger partial charge in [0.2, 0.25) is 5.88 Å². The number of aromatic amines is 1. The Kier molecular flexibility index (Phi) is 3.63. The normalized spacial score (nSPS) is 27.1. The van der Waals surface area contributed by atoms with E-state index >= 15 is 0 Å². The van der Waals surface area contributed by atoms with Crippen LogP contribution in [0.1, 0.15) is 51.5 Å². The number of H-pyrrole nitrogens is 1. The maximum Gasteiger partial charge on any atom is 0.335 e. The molecule has 1 aliphatic heterocycles. The molecule has 25 heavy (non-hydrogen) atoms. The van der Waals surface area contributed by atoms with E-state index in [1.54, 1.807) is 12.1 Å². The Hall–Kier alpha value is -2.30.